The first-order valence-corrected chi connectivity index (χ1v) is 21.4. The Balaban J connectivity index is 0.00000144. The van der Waals surface area contributed by atoms with E-state index in [1.807, 2.05) is 0 Å². The molecular formula is C30H46Cl2Si2Ti. The van der Waals surface area contributed by atoms with Crippen LogP contribution in [-0.2, 0) is 19.2 Å². The van der Waals surface area contributed by atoms with Crippen molar-refractivity contribution in [3.63, 3.8) is 0 Å². The van der Waals surface area contributed by atoms with Crippen molar-refractivity contribution in [2.45, 2.75) is 108 Å². The summed E-state index contributed by atoms with van der Waals surface area (Å²) in [7, 11) is -2.36. The zero-order valence-corrected chi connectivity index (χ0v) is 27.2. The summed E-state index contributed by atoms with van der Waals surface area (Å²) in [5, 5.41) is 0. The van der Waals surface area contributed by atoms with Gasteiger partial charge < -0.3 is 24.8 Å². The largest absolute Gasteiger partial charge is 1.00 e. The van der Waals surface area contributed by atoms with Crippen LogP contribution in [0.3, 0.4) is 0 Å². The van der Waals surface area contributed by atoms with E-state index in [9.17, 15) is 0 Å². The summed E-state index contributed by atoms with van der Waals surface area (Å²) in [6.45, 7) is 5.05. The van der Waals surface area contributed by atoms with Crippen LogP contribution in [0.2, 0.25) is 43.0 Å². The van der Waals surface area contributed by atoms with Crippen molar-refractivity contribution in [3.8, 4) is 0 Å². The Morgan fingerprint density at radius 1 is 0.657 bits per heavy atom. The smallest absolute Gasteiger partial charge is 1.00 e. The fourth-order valence-corrected chi connectivity index (χ4v) is 34.1. The van der Waals surface area contributed by atoms with Gasteiger partial charge in [0.05, 0.1) is 0 Å². The zero-order valence-electron chi connectivity index (χ0n) is 22.1. The molecular weight excluding hydrogens is 535 g/mol. The van der Waals surface area contributed by atoms with Gasteiger partial charge in [-0.3, -0.25) is 0 Å². The van der Waals surface area contributed by atoms with E-state index in [1.54, 1.807) is 61.9 Å². The van der Waals surface area contributed by atoms with Crippen LogP contribution in [0.25, 0.3) is 0 Å². The molecule has 2 saturated carbocycles. The number of fused-ring (bicyclic) bond motifs is 2. The molecule has 0 spiro atoms. The molecule has 5 heteroatoms. The molecule has 0 amide bonds. The topological polar surface area (TPSA) is 0 Å². The number of allylic oxidation sites excluding steroid dienone is 8. The van der Waals surface area contributed by atoms with Crippen LogP contribution in [0.15, 0.2) is 48.6 Å². The Morgan fingerprint density at radius 3 is 1.40 bits per heavy atom. The summed E-state index contributed by atoms with van der Waals surface area (Å²) < 4.78 is 1.67. The number of rotatable bonds is 8. The molecule has 0 bridgehead atoms. The molecule has 4 fully saturated rings. The van der Waals surface area contributed by atoms with Crippen LogP contribution >= 0.6 is 0 Å². The molecule has 6 rings (SSSR count). The van der Waals surface area contributed by atoms with Crippen molar-refractivity contribution < 1.29 is 44.0 Å². The van der Waals surface area contributed by atoms with Gasteiger partial charge in [0.15, 0.2) is 0 Å². The predicted molar refractivity (Wildman–Crippen MR) is 145 cm³/mol. The molecule has 0 aromatic heterocycles. The van der Waals surface area contributed by atoms with Gasteiger partial charge in [-0.2, -0.15) is 0 Å². The minimum atomic E-state index is -1.18. The van der Waals surface area contributed by atoms with E-state index in [0.717, 1.165) is 30.4 Å². The number of hydrogen-bond acceptors (Lipinski definition) is 0. The van der Waals surface area contributed by atoms with E-state index in [-0.39, 0.29) is 44.0 Å². The van der Waals surface area contributed by atoms with Gasteiger partial charge in [-0.1, -0.05) is 0 Å². The quantitative estimate of drug-likeness (QED) is 0.386. The molecule has 0 radical (unpaired) electrons. The molecule has 4 aliphatic carbocycles. The van der Waals surface area contributed by atoms with Crippen LogP contribution in [0.4, 0.5) is 0 Å². The Morgan fingerprint density at radius 2 is 1.06 bits per heavy atom. The van der Waals surface area contributed by atoms with E-state index in [1.165, 1.54) is 25.7 Å². The third-order valence-electron chi connectivity index (χ3n) is 11.8. The fourth-order valence-electron chi connectivity index (χ4n) is 10.2. The monoisotopic (exact) mass is 580 g/mol. The third-order valence-corrected chi connectivity index (χ3v) is 34.1. The first-order valence-electron chi connectivity index (χ1n) is 14.6. The predicted octanol–water partition coefficient (Wildman–Crippen LogP) is 3.30. The van der Waals surface area contributed by atoms with Crippen molar-refractivity contribution in [1.82, 2.24) is 0 Å². The summed E-state index contributed by atoms with van der Waals surface area (Å²) in [5.41, 5.74) is 0. The number of halogens is 2. The Bertz CT molecular complexity index is 804. The summed E-state index contributed by atoms with van der Waals surface area (Å²) in [5.74, 6) is 3.66. The van der Waals surface area contributed by atoms with Crippen LogP contribution in [0.5, 0.6) is 0 Å². The van der Waals surface area contributed by atoms with Crippen LogP contribution in [-0.4, -0.2) is 16.1 Å². The Labute approximate surface area is 239 Å². The van der Waals surface area contributed by atoms with Crippen molar-refractivity contribution in [2.24, 2.45) is 23.7 Å². The van der Waals surface area contributed by atoms with Gasteiger partial charge >= 0.3 is 216 Å². The molecule has 6 aliphatic rings. The summed E-state index contributed by atoms with van der Waals surface area (Å²) in [6, 6.07) is 10.1. The Kier molecular flexibility index (Phi) is 9.06. The second-order valence-electron chi connectivity index (χ2n) is 12.8. The maximum atomic E-state index is 2.79. The first-order chi connectivity index (χ1) is 16.1. The van der Waals surface area contributed by atoms with Gasteiger partial charge in [-0.05, 0) is 0 Å². The molecule has 2 aliphatic heterocycles. The van der Waals surface area contributed by atoms with Gasteiger partial charge in [0, 0.05) is 0 Å². The molecule has 0 aromatic carbocycles. The molecule has 6 atom stereocenters. The normalized spacial score (nSPS) is 41.0. The minimum absolute atomic E-state index is 0. The van der Waals surface area contributed by atoms with Crippen LogP contribution < -0.4 is 24.8 Å². The van der Waals surface area contributed by atoms with Gasteiger partial charge in [-0.15, -0.1) is 0 Å². The standard InChI is InChI=1S/2C15H23Si.2ClH.Ti/c2*1-2-10-16(11-5-12-16)15-9-8-13-6-3-4-7-14(13)15;;;/h2*3-4,6-7,13-14H,2,5,8-12H2,1H3;2*1H;/q;;;;+2/p-2. The van der Waals surface area contributed by atoms with E-state index in [4.69, 9.17) is 0 Å². The van der Waals surface area contributed by atoms with E-state index in [2.05, 4.69) is 62.5 Å². The van der Waals surface area contributed by atoms with Crippen molar-refractivity contribution in [3.05, 3.63) is 48.6 Å². The molecule has 0 N–H and O–H groups in total. The third kappa shape index (κ3) is 4.13. The van der Waals surface area contributed by atoms with Gasteiger partial charge in [0.1, 0.15) is 0 Å². The number of hydrogen-bond donors (Lipinski definition) is 0. The first kappa shape index (κ1) is 28.7. The van der Waals surface area contributed by atoms with E-state index < -0.39 is 16.1 Å². The van der Waals surface area contributed by atoms with E-state index in [0.29, 0.717) is 0 Å². The van der Waals surface area contributed by atoms with Crippen molar-refractivity contribution in [2.75, 3.05) is 0 Å². The maximum absolute atomic E-state index is 2.79. The maximum Gasteiger partial charge on any atom is -1.00 e. The molecule has 2 saturated heterocycles. The molecule has 192 valence electrons. The van der Waals surface area contributed by atoms with Gasteiger partial charge in [-0.25, -0.2) is 0 Å². The molecule has 0 nitrogen and oxygen atoms in total. The summed E-state index contributed by atoms with van der Waals surface area (Å²) in [6.07, 6.45) is 33.1. The van der Waals surface area contributed by atoms with E-state index >= 15 is 0 Å². The van der Waals surface area contributed by atoms with Crippen molar-refractivity contribution >= 4 is 16.1 Å². The molecule has 0 aromatic rings. The molecule has 35 heavy (non-hydrogen) atoms. The van der Waals surface area contributed by atoms with Gasteiger partial charge in [0.25, 0.3) is 0 Å². The summed E-state index contributed by atoms with van der Waals surface area (Å²) in [4.78, 5) is 0. The zero-order chi connectivity index (χ0) is 22.6. The average molecular weight is 582 g/mol. The van der Waals surface area contributed by atoms with Gasteiger partial charge in [0.2, 0.25) is 0 Å². The molecule has 2 heterocycles. The minimum Gasteiger partial charge on any atom is -1.00 e. The molecule has 6 unspecified atom stereocenters. The average Bonchev–Trinajstić information content (AvgIpc) is 3.34. The van der Waals surface area contributed by atoms with Crippen LogP contribution in [0.1, 0.15) is 65.2 Å². The van der Waals surface area contributed by atoms with Crippen LogP contribution in [0, 0.1) is 23.7 Å². The fraction of sp³-hybridized carbons (Fsp3) is 0.733. The Hall–Kier alpha value is 0.688. The second-order valence-corrected chi connectivity index (χ2v) is 27.5. The summed E-state index contributed by atoms with van der Waals surface area (Å²) >= 11 is -0.0101. The second kappa shape index (κ2) is 11.0. The SMILES string of the molecule is CCC[Si]1([C]2([Ti+2][C]3([Si]4(CCC)CCC4)CCC4C=CC=CC43)CCC3C=CC=CC32)CCC1.[Cl-].[Cl-]. The van der Waals surface area contributed by atoms with Crippen molar-refractivity contribution in [1.29, 1.82) is 0 Å².